The van der Waals surface area contributed by atoms with Crippen LogP contribution in [0.25, 0.3) is 0 Å². The molecule has 0 bridgehead atoms. The lowest BCUT2D eigenvalue weighted by Gasteiger charge is -2.41. The van der Waals surface area contributed by atoms with Crippen molar-refractivity contribution in [2.45, 2.75) is 46.5 Å². The fraction of sp³-hybridized carbons (Fsp3) is 1.00. The molecule has 0 aromatic heterocycles. The highest BCUT2D eigenvalue weighted by Crippen LogP contribution is 2.37. The van der Waals surface area contributed by atoms with Crippen LogP contribution in [0.1, 0.15) is 46.5 Å². The topological polar surface area (TPSA) is 6.48 Å². The van der Waals surface area contributed by atoms with Crippen LogP contribution in [-0.2, 0) is 0 Å². The summed E-state index contributed by atoms with van der Waals surface area (Å²) in [4.78, 5) is 4.78. The number of rotatable bonds is 4. The lowest BCUT2D eigenvalue weighted by atomic mass is 9.73. The third kappa shape index (κ3) is 5.31. The molecular weight excluding hydrogens is 196 g/mol. The Hall–Kier alpha value is -0.0800. The van der Waals surface area contributed by atoms with E-state index in [1.54, 1.807) is 0 Å². The Morgan fingerprint density at radius 2 is 1.62 bits per heavy atom. The number of nitrogens with zero attached hydrogens (tertiary/aromatic N) is 2. The molecule has 1 aliphatic heterocycles. The Kier molecular flexibility index (Phi) is 8.04. The van der Waals surface area contributed by atoms with E-state index in [0.29, 0.717) is 5.41 Å². The van der Waals surface area contributed by atoms with Gasteiger partial charge in [-0.05, 0) is 65.5 Å². The van der Waals surface area contributed by atoms with Crippen molar-refractivity contribution in [3.63, 3.8) is 0 Å². The average Bonchev–Trinajstić information content (AvgIpc) is 2.32. The van der Waals surface area contributed by atoms with E-state index in [1.165, 1.54) is 45.3 Å². The van der Waals surface area contributed by atoms with Crippen LogP contribution in [0.15, 0.2) is 0 Å². The molecule has 0 aliphatic carbocycles. The van der Waals surface area contributed by atoms with Crippen molar-refractivity contribution in [2.24, 2.45) is 5.41 Å². The van der Waals surface area contributed by atoms with Gasteiger partial charge in [0.15, 0.2) is 0 Å². The molecule has 16 heavy (non-hydrogen) atoms. The molecule has 1 rings (SSSR count). The Morgan fingerprint density at radius 3 is 2.00 bits per heavy atom. The summed E-state index contributed by atoms with van der Waals surface area (Å²) in [5, 5.41) is 0. The van der Waals surface area contributed by atoms with Crippen molar-refractivity contribution in [1.29, 1.82) is 0 Å². The molecule has 0 unspecified atom stereocenters. The minimum Gasteiger partial charge on any atom is -0.309 e. The van der Waals surface area contributed by atoms with E-state index >= 15 is 0 Å². The third-order valence-electron chi connectivity index (χ3n) is 3.89. The first-order valence-electron chi connectivity index (χ1n) is 6.91. The average molecular weight is 228 g/mol. The second kappa shape index (κ2) is 8.08. The monoisotopic (exact) mass is 228 g/mol. The molecule has 0 amide bonds. The summed E-state index contributed by atoms with van der Waals surface area (Å²) < 4.78 is 0. The molecule has 0 radical (unpaired) electrons. The summed E-state index contributed by atoms with van der Waals surface area (Å²) in [7, 11) is 6.60. The molecule has 0 saturated carbocycles. The van der Waals surface area contributed by atoms with E-state index in [0.717, 1.165) is 0 Å². The first-order chi connectivity index (χ1) is 7.58. The molecule has 1 aliphatic rings. The lowest BCUT2D eigenvalue weighted by molar-refractivity contribution is 0.0985. The number of likely N-dealkylation sites (tertiary alicyclic amines) is 1. The minimum atomic E-state index is 0.650. The summed E-state index contributed by atoms with van der Waals surface area (Å²) in [6.45, 7) is 10.2. The minimum absolute atomic E-state index is 0.650. The number of hydrogen-bond donors (Lipinski definition) is 0. The third-order valence-corrected chi connectivity index (χ3v) is 3.89. The zero-order valence-electron chi connectivity index (χ0n) is 12.3. The maximum atomic E-state index is 2.46. The fourth-order valence-corrected chi connectivity index (χ4v) is 2.33. The van der Waals surface area contributed by atoms with Crippen molar-refractivity contribution in [3.05, 3.63) is 0 Å². The van der Waals surface area contributed by atoms with Gasteiger partial charge in [0.2, 0.25) is 0 Å². The SMILES string of the molecule is CC.CCC1(CCN(C)C)CCN(C)CC1. The molecule has 1 saturated heterocycles. The molecule has 0 N–H and O–H groups in total. The van der Waals surface area contributed by atoms with Gasteiger partial charge in [-0.2, -0.15) is 0 Å². The van der Waals surface area contributed by atoms with Gasteiger partial charge in [-0.15, -0.1) is 0 Å². The number of hydrogen-bond acceptors (Lipinski definition) is 2. The smallest absolute Gasteiger partial charge is 0.00165 e. The standard InChI is InChI=1S/C12H26N2.C2H6/c1-5-12(6-9-13(2)3)7-10-14(4)11-8-12;1-2/h5-11H2,1-4H3;1-2H3. The van der Waals surface area contributed by atoms with Crippen LogP contribution in [0.2, 0.25) is 0 Å². The molecule has 2 heteroatoms. The molecule has 98 valence electrons. The van der Waals surface area contributed by atoms with Gasteiger partial charge in [-0.3, -0.25) is 0 Å². The second-order valence-electron chi connectivity index (χ2n) is 5.21. The van der Waals surface area contributed by atoms with E-state index in [2.05, 4.69) is 37.9 Å². The quantitative estimate of drug-likeness (QED) is 0.729. The lowest BCUT2D eigenvalue weighted by Crippen LogP contribution is -2.39. The number of piperidine rings is 1. The Bertz CT molecular complexity index is 158. The maximum Gasteiger partial charge on any atom is -0.00165 e. The predicted octanol–water partition coefficient (Wildman–Crippen LogP) is 3.09. The summed E-state index contributed by atoms with van der Waals surface area (Å²) in [6, 6.07) is 0. The van der Waals surface area contributed by atoms with Gasteiger partial charge in [-0.1, -0.05) is 27.2 Å². The van der Waals surface area contributed by atoms with E-state index in [-0.39, 0.29) is 0 Å². The van der Waals surface area contributed by atoms with Gasteiger partial charge in [-0.25, -0.2) is 0 Å². The van der Waals surface area contributed by atoms with Gasteiger partial charge >= 0.3 is 0 Å². The van der Waals surface area contributed by atoms with Crippen LogP contribution >= 0.6 is 0 Å². The van der Waals surface area contributed by atoms with E-state index in [4.69, 9.17) is 0 Å². The molecule has 0 spiro atoms. The first-order valence-corrected chi connectivity index (χ1v) is 6.91. The van der Waals surface area contributed by atoms with Crippen molar-refractivity contribution >= 4 is 0 Å². The van der Waals surface area contributed by atoms with Crippen molar-refractivity contribution < 1.29 is 0 Å². The molecule has 0 atom stereocenters. The largest absolute Gasteiger partial charge is 0.309 e. The van der Waals surface area contributed by atoms with Crippen LogP contribution in [-0.4, -0.2) is 50.6 Å². The van der Waals surface area contributed by atoms with Gasteiger partial charge < -0.3 is 9.80 Å². The fourth-order valence-electron chi connectivity index (χ4n) is 2.33. The van der Waals surface area contributed by atoms with Crippen LogP contribution in [0.4, 0.5) is 0 Å². The zero-order valence-corrected chi connectivity index (χ0v) is 12.3. The molecule has 0 aromatic rings. The second-order valence-corrected chi connectivity index (χ2v) is 5.21. The van der Waals surface area contributed by atoms with Crippen LogP contribution < -0.4 is 0 Å². The normalized spacial score (nSPS) is 20.4. The van der Waals surface area contributed by atoms with Crippen molar-refractivity contribution in [3.8, 4) is 0 Å². The Balaban J connectivity index is 0.00000106. The first kappa shape index (κ1) is 15.9. The maximum absolute atomic E-state index is 2.46. The van der Waals surface area contributed by atoms with Crippen LogP contribution in [0.5, 0.6) is 0 Å². The van der Waals surface area contributed by atoms with Gasteiger partial charge in [0.25, 0.3) is 0 Å². The Labute approximate surface area is 103 Å². The highest BCUT2D eigenvalue weighted by Gasteiger charge is 2.31. The van der Waals surface area contributed by atoms with Gasteiger partial charge in [0.1, 0.15) is 0 Å². The van der Waals surface area contributed by atoms with Crippen molar-refractivity contribution in [2.75, 3.05) is 40.8 Å². The summed E-state index contributed by atoms with van der Waals surface area (Å²) >= 11 is 0. The summed E-state index contributed by atoms with van der Waals surface area (Å²) in [6.07, 6.45) is 5.53. The highest BCUT2D eigenvalue weighted by molar-refractivity contribution is 4.84. The highest BCUT2D eigenvalue weighted by atomic mass is 15.1. The molecule has 1 fully saturated rings. The van der Waals surface area contributed by atoms with Gasteiger partial charge in [0.05, 0.1) is 0 Å². The summed E-state index contributed by atoms with van der Waals surface area (Å²) in [5.41, 5.74) is 0.650. The van der Waals surface area contributed by atoms with Gasteiger partial charge in [0, 0.05) is 0 Å². The van der Waals surface area contributed by atoms with E-state index < -0.39 is 0 Å². The summed E-state index contributed by atoms with van der Waals surface area (Å²) in [5.74, 6) is 0. The van der Waals surface area contributed by atoms with Crippen LogP contribution in [0.3, 0.4) is 0 Å². The molecule has 2 nitrogen and oxygen atoms in total. The van der Waals surface area contributed by atoms with Crippen molar-refractivity contribution in [1.82, 2.24) is 9.80 Å². The zero-order chi connectivity index (χ0) is 12.6. The molecule has 0 aromatic carbocycles. The predicted molar refractivity (Wildman–Crippen MR) is 74.0 cm³/mol. The van der Waals surface area contributed by atoms with E-state index in [9.17, 15) is 0 Å². The molecule has 1 heterocycles. The molecular formula is C14H32N2. The van der Waals surface area contributed by atoms with E-state index in [1.807, 2.05) is 13.8 Å². The van der Waals surface area contributed by atoms with Crippen LogP contribution in [0, 0.1) is 5.41 Å². The Morgan fingerprint density at radius 1 is 1.12 bits per heavy atom.